The van der Waals surface area contributed by atoms with Gasteiger partial charge < -0.3 is 25.0 Å². The molecule has 4 heterocycles. The lowest BCUT2D eigenvalue weighted by Gasteiger charge is -2.38. The lowest BCUT2D eigenvalue weighted by atomic mass is 10.0. The molecule has 0 radical (unpaired) electrons. The van der Waals surface area contributed by atoms with Crippen molar-refractivity contribution >= 4 is 39.1 Å². The zero-order valence-corrected chi connectivity index (χ0v) is 23.0. The zero-order chi connectivity index (χ0) is 27.8. The number of ether oxygens (including phenoxy) is 2. The van der Waals surface area contributed by atoms with E-state index in [1.165, 1.54) is 6.07 Å². The van der Waals surface area contributed by atoms with Crippen LogP contribution in [0.2, 0.25) is 0 Å². The fourth-order valence-corrected chi connectivity index (χ4v) is 5.76. The number of aromatic nitrogens is 4. The average molecular weight is 548 g/mol. The van der Waals surface area contributed by atoms with Crippen LogP contribution in [0.1, 0.15) is 37.0 Å². The second-order valence-electron chi connectivity index (χ2n) is 11.0. The van der Waals surface area contributed by atoms with Crippen LogP contribution in [0.3, 0.4) is 0 Å². The summed E-state index contributed by atoms with van der Waals surface area (Å²) in [4.78, 5) is 25.1. The van der Waals surface area contributed by atoms with Crippen molar-refractivity contribution in [2.75, 3.05) is 43.1 Å². The molecule has 2 aromatic carbocycles. The third kappa shape index (κ3) is 5.44. The summed E-state index contributed by atoms with van der Waals surface area (Å²) < 4.78 is 27.8. The second-order valence-corrected chi connectivity index (χ2v) is 11.0. The number of hydrogen-bond acceptors (Lipinski definition) is 8. The van der Waals surface area contributed by atoms with Crippen molar-refractivity contribution in [3.63, 3.8) is 0 Å². The molecule has 6 rings (SSSR count). The van der Waals surface area contributed by atoms with Crippen molar-refractivity contribution in [1.29, 1.82) is 0 Å². The van der Waals surface area contributed by atoms with Gasteiger partial charge >= 0.3 is 6.01 Å². The van der Waals surface area contributed by atoms with Gasteiger partial charge in [-0.1, -0.05) is 0 Å². The van der Waals surface area contributed by atoms with Crippen LogP contribution in [0.4, 0.5) is 15.8 Å². The van der Waals surface area contributed by atoms with Gasteiger partial charge in [-0.05, 0) is 51.0 Å². The van der Waals surface area contributed by atoms with Gasteiger partial charge in [-0.25, -0.2) is 9.37 Å². The number of halogens is 1. The lowest BCUT2D eigenvalue weighted by molar-refractivity contribution is 0.0336. The van der Waals surface area contributed by atoms with Crippen LogP contribution >= 0.6 is 0 Å². The number of carbonyl (C=O) groups excluding carboxylic acids is 1. The van der Waals surface area contributed by atoms with Crippen LogP contribution in [-0.2, 0) is 11.8 Å². The number of aryl methyl sites for hydroxylation is 1. The van der Waals surface area contributed by atoms with Gasteiger partial charge in [0.05, 0.1) is 24.3 Å². The molecule has 1 amide bonds. The predicted octanol–water partition coefficient (Wildman–Crippen LogP) is 3.90. The van der Waals surface area contributed by atoms with Crippen LogP contribution in [0.15, 0.2) is 36.7 Å². The van der Waals surface area contributed by atoms with Gasteiger partial charge in [0.1, 0.15) is 5.52 Å². The molecular weight excluding hydrogens is 513 g/mol. The van der Waals surface area contributed by atoms with E-state index in [-0.39, 0.29) is 17.4 Å². The number of amides is 1. The molecule has 210 valence electrons. The van der Waals surface area contributed by atoms with Gasteiger partial charge in [0.2, 0.25) is 0 Å². The van der Waals surface area contributed by atoms with Crippen molar-refractivity contribution in [3.8, 4) is 6.01 Å². The number of nitrogens with one attached hydrogen (secondary N) is 2. The molecule has 1 unspecified atom stereocenters. The molecule has 2 aliphatic heterocycles. The van der Waals surface area contributed by atoms with Crippen LogP contribution in [0.25, 0.3) is 21.8 Å². The minimum Gasteiger partial charge on any atom is -0.463 e. The number of anilines is 2. The highest BCUT2D eigenvalue weighted by Crippen LogP contribution is 2.31. The topological polar surface area (TPSA) is 106 Å². The standard InChI is InChI=1S/C29H34FN7O3/c1-17-12-37(13-18(2)32-17)25-7-6-22(28(38)33-21-9-20-14-36(3)35-26(20)24(30)10-21)27-23(25)11-31-29(34-27)40-16-19-5-4-8-39-15-19/h6-7,9-11,14,17-19,32H,4-5,8,12-13,15-16H2,1-3H3,(H,33,38)/t17-,18-,19?/m0/s1. The summed E-state index contributed by atoms with van der Waals surface area (Å²) in [5.41, 5.74) is 2.40. The van der Waals surface area contributed by atoms with Gasteiger partial charge in [-0.3, -0.25) is 9.48 Å². The fraction of sp³-hybridized carbons (Fsp3) is 0.448. The van der Waals surface area contributed by atoms with Crippen LogP contribution < -0.4 is 20.3 Å². The third-order valence-corrected chi connectivity index (χ3v) is 7.49. The number of hydrogen-bond donors (Lipinski definition) is 2. The van der Waals surface area contributed by atoms with E-state index >= 15 is 0 Å². The molecule has 2 aromatic heterocycles. The summed E-state index contributed by atoms with van der Waals surface area (Å²) in [7, 11) is 1.73. The molecule has 40 heavy (non-hydrogen) atoms. The monoisotopic (exact) mass is 547 g/mol. The SMILES string of the molecule is C[C@H]1CN(c2ccc(C(=O)Nc3cc(F)c4nn(C)cc4c3)c3nc(OCC4CCCOC4)ncc23)C[C@H](C)N1. The van der Waals surface area contributed by atoms with E-state index in [0.29, 0.717) is 47.5 Å². The summed E-state index contributed by atoms with van der Waals surface area (Å²) in [6.07, 6.45) is 5.48. The highest BCUT2D eigenvalue weighted by atomic mass is 19.1. The van der Waals surface area contributed by atoms with E-state index < -0.39 is 11.7 Å². The highest BCUT2D eigenvalue weighted by Gasteiger charge is 2.25. The first kappa shape index (κ1) is 26.4. The van der Waals surface area contributed by atoms with E-state index in [0.717, 1.165) is 43.6 Å². The van der Waals surface area contributed by atoms with Crippen molar-refractivity contribution in [2.24, 2.45) is 13.0 Å². The van der Waals surface area contributed by atoms with Crippen molar-refractivity contribution in [2.45, 2.75) is 38.8 Å². The van der Waals surface area contributed by atoms with Crippen molar-refractivity contribution in [3.05, 3.63) is 48.0 Å². The molecule has 2 saturated heterocycles. The maximum Gasteiger partial charge on any atom is 0.316 e. The van der Waals surface area contributed by atoms with Gasteiger partial charge in [0.15, 0.2) is 5.82 Å². The van der Waals surface area contributed by atoms with E-state index in [4.69, 9.17) is 14.5 Å². The summed E-state index contributed by atoms with van der Waals surface area (Å²) in [5.74, 6) is -0.616. The van der Waals surface area contributed by atoms with E-state index in [1.54, 1.807) is 36.3 Å². The van der Waals surface area contributed by atoms with Gasteiger partial charge in [0.25, 0.3) is 5.91 Å². The number of carbonyl (C=O) groups is 1. The van der Waals surface area contributed by atoms with E-state index in [9.17, 15) is 9.18 Å². The quantitative estimate of drug-likeness (QED) is 0.375. The summed E-state index contributed by atoms with van der Waals surface area (Å²) in [6.45, 7) is 7.83. The van der Waals surface area contributed by atoms with Crippen LogP contribution in [-0.4, -0.2) is 70.6 Å². The Balaban J connectivity index is 1.34. The average Bonchev–Trinajstić information content (AvgIpc) is 3.32. The molecule has 0 bridgehead atoms. The molecule has 0 spiro atoms. The second kappa shape index (κ2) is 11.0. The van der Waals surface area contributed by atoms with E-state index in [2.05, 4.69) is 39.5 Å². The Labute approximate surface area is 231 Å². The summed E-state index contributed by atoms with van der Waals surface area (Å²) in [6, 6.07) is 7.53. The van der Waals surface area contributed by atoms with Gasteiger partial charge in [-0.15, -0.1) is 0 Å². The molecule has 3 atom stereocenters. The maximum absolute atomic E-state index is 14.7. The number of piperazine rings is 1. The largest absolute Gasteiger partial charge is 0.463 e. The molecule has 0 aliphatic carbocycles. The molecular formula is C29H34FN7O3. The Kier molecular flexibility index (Phi) is 7.24. The minimum atomic E-state index is -0.500. The number of rotatable bonds is 6. The first-order chi connectivity index (χ1) is 19.3. The predicted molar refractivity (Wildman–Crippen MR) is 151 cm³/mol. The van der Waals surface area contributed by atoms with Crippen molar-refractivity contribution < 1.29 is 18.7 Å². The number of fused-ring (bicyclic) bond motifs is 2. The van der Waals surface area contributed by atoms with Crippen LogP contribution in [0, 0.1) is 11.7 Å². The maximum atomic E-state index is 14.7. The zero-order valence-electron chi connectivity index (χ0n) is 23.0. The Morgan fingerprint density at radius 3 is 2.83 bits per heavy atom. The summed E-state index contributed by atoms with van der Waals surface area (Å²) >= 11 is 0. The molecule has 0 saturated carbocycles. The molecule has 2 fully saturated rings. The van der Waals surface area contributed by atoms with Crippen molar-refractivity contribution in [1.82, 2.24) is 25.1 Å². The molecule has 4 aromatic rings. The molecule has 10 nitrogen and oxygen atoms in total. The third-order valence-electron chi connectivity index (χ3n) is 7.49. The van der Waals surface area contributed by atoms with Gasteiger partial charge in [-0.2, -0.15) is 10.1 Å². The Morgan fingerprint density at radius 2 is 2.05 bits per heavy atom. The lowest BCUT2D eigenvalue weighted by Crippen LogP contribution is -2.54. The van der Waals surface area contributed by atoms with Gasteiger partial charge in [0, 0.05) is 79.3 Å². The molecule has 11 heteroatoms. The fourth-order valence-electron chi connectivity index (χ4n) is 5.76. The normalized spacial score (nSPS) is 21.6. The molecule has 2 N–H and O–H groups in total. The highest BCUT2D eigenvalue weighted by molar-refractivity contribution is 6.14. The van der Waals surface area contributed by atoms with Crippen LogP contribution in [0.5, 0.6) is 6.01 Å². The number of benzene rings is 2. The molecule has 2 aliphatic rings. The minimum absolute atomic E-state index is 0.217. The number of nitrogens with zero attached hydrogens (tertiary/aromatic N) is 5. The Morgan fingerprint density at radius 1 is 1.23 bits per heavy atom. The Hall–Kier alpha value is -3.83. The Bertz CT molecular complexity index is 1540. The first-order valence-corrected chi connectivity index (χ1v) is 13.8. The smallest absolute Gasteiger partial charge is 0.316 e. The first-order valence-electron chi connectivity index (χ1n) is 13.8. The van der Waals surface area contributed by atoms with E-state index in [1.807, 2.05) is 6.07 Å². The summed E-state index contributed by atoms with van der Waals surface area (Å²) in [5, 5.41) is 11.9.